The number of ketones is 1. The molecule has 2 saturated heterocycles. The van der Waals surface area contributed by atoms with Crippen molar-refractivity contribution in [3.8, 4) is 0 Å². The van der Waals surface area contributed by atoms with Crippen LogP contribution in [0.25, 0.3) is 0 Å². The Bertz CT molecular complexity index is 1520. The van der Waals surface area contributed by atoms with Crippen LogP contribution in [-0.2, 0) is 13.6 Å². The summed E-state index contributed by atoms with van der Waals surface area (Å²) in [7, 11) is -5.83. The van der Waals surface area contributed by atoms with Gasteiger partial charge in [0.15, 0.2) is 0 Å². The third-order valence-electron chi connectivity index (χ3n) is 10.2. The number of carbonyl (C=O) groups excluding carboxylic acids is 1. The highest BCUT2D eigenvalue weighted by Gasteiger charge is 2.59. The molecule has 46 heavy (non-hydrogen) atoms. The molecule has 2 aliphatic rings. The summed E-state index contributed by atoms with van der Waals surface area (Å²) in [5.74, 6) is 0.323. The van der Waals surface area contributed by atoms with Crippen LogP contribution in [0.2, 0.25) is 10.1 Å². The van der Waals surface area contributed by atoms with Crippen molar-refractivity contribution in [2.75, 3.05) is 13.1 Å². The Kier molecular flexibility index (Phi) is 9.13. The Morgan fingerprint density at radius 1 is 0.587 bits per heavy atom. The molecule has 0 amide bonds. The molecule has 0 spiro atoms. The van der Waals surface area contributed by atoms with Crippen molar-refractivity contribution in [2.45, 2.75) is 82.7 Å². The van der Waals surface area contributed by atoms with Gasteiger partial charge in [0.05, 0.1) is 12.2 Å². The van der Waals surface area contributed by atoms with E-state index >= 15 is 0 Å². The first-order valence-corrected chi connectivity index (χ1v) is 20.6. The van der Waals surface area contributed by atoms with Crippen LogP contribution in [0.3, 0.4) is 0 Å². The van der Waals surface area contributed by atoms with E-state index in [4.69, 9.17) is 8.85 Å². The Morgan fingerprint density at radius 3 is 1.33 bits per heavy atom. The molecular formula is C40H49NO3Si2. The summed E-state index contributed by atoms with van der Waals surface area (Å²) in [5, 5.41) is 4.66. The molecule has 0 N–H and O–H groups in total. The average Bonchev–Trinajstić information content (AvgIpc) is 3.38. The molecule has 0 aromatic heterocycles. The molecule has 0 unspecified atom stereocenters. The van der Waals surface area contributed by atoms with Crippen molar-refractivity contribution < 1.29 is 13.6 Å². The number of hydrogen-bond acceptors (Lipinski definition) is 4. The van der Waals surface area contributed by atoms with Gasteiger partial charge in [0.1, 0.15) is 5.78 Å². The van der Waals surface area contributed by atoms with E-state index in [-0.39, 0.29) is 28.3 Å². The van der Waals surface area contributed by atoms with E-state index in [0.29, 0.717) is 18.6 Å². The first kappa shape index (κ1) is 32.8. The van der Waals surface area contributed by atoms with Crippen molar-refractivity contribution in [3.05, 3.63) is 121 Å². The molecule has 4 aromatic rings. The van der Waals surface area contributed by atoms with Gasteiger partial charge >= 0.3 is 0 Å². The maximum atomic E-state index is 13.1. The molecule has 2 fully saturated rings. The molecule has 4 nitrogen and oxygen atoms in total. The molecule has 2 aliphatic heterocycles. The number of rotatable bonds is 8. The summed E-state index contributed by atoms with van der Waals surface area (Å²) in [4.78, 5) is 15.6. The summed E-state index contributed by atoms with van der Waals surface area (Å²) in [6.45, 7) is 15.5. The minimum absolute atomic E-state index is 0.0221. The van der Waals surface area contributed by atoms with Gasteiger partial charge in [-0.05, 0) is 30.8 Å². The van der Waals surface area contributed by atoms with E-state index in [1.807, 2.05) is 0 Å². The Labute approximate surface area is 278 Å². The first-order chi connectivity index (χ1) is 22.0. The normalized spacial score (nSPS) is 21.3. The summed E-state index contributed by atoms with van der Waals surface area (Å²) in [6.07, 6.45) is 0.624. The highest BCUT2D eigenvalue weighted by atomic mass is 28.4. The molecule has 4 aromatic carbocycles. The fourth-order valence-electron chi connectivity index (χ4n) is 8.10. The molecule has 6 heteroatoms. The molecule has 0 saturated carbocycles. The van der Waals surface area contributed by atoms with Crippen molar-refractivity contribution in [3.63, 3.8) is 0 Å². The van der Waals surface area contributed by atoms with Crippen molar-refractivity contribution >= 4 is 43.2 Å². The molecule has 240 valence electrons. The second-order valence-corrected chi connectivity index (χ2v) is 23.6. The van der Waals surface area contributed by atoms with Gasteiger partial charge in [-0.15, -0.1) is 0 Å². The van der Waals surface area contributed by atoms with Gasteiger partial charge in [-0.25, -0.2) is 0 Å². The number of Topliss-reactive ketones (excluding diaryl/α,β-unsaturated/α-hetero) is 1. The van der Waals surface area contributed by atoms with Crippen LogP contribution in [0, 0.1) is 0 Å². The van der Waals surface area contributed by atoms with Crippen LogP contribution in [0.4, 0.5) is 0 Å². The predicted molar refractivity (Wildman–Crippen MR) is 195 cm³/mol. The van der Waals surface area contributed by atoms with Crippen molar-refractivity contribution in [1.29, 1.82) is 0 Å². The van der Waals surface area contributed by atoms with Gasteiger partial charge in [0.2, 0.25) is 0 Å². The van der Waals surface area contributed by atoms with Crippen LogP contribution in [0.5, 0.6) is 0 Å². The highest BCUT2D eigenvalue weighted by Crippen LogP contribution is 2.44. The fraction of sp³-hybridized carbons (Fsp3) is 0.375. The van der Waals surface area contributed by atoms with Gasteiger partial charge in [-0.2, -0.15) is 0 Å². The Hall–Kier alpha value is -3.14. The second-order valence-electron chi connectivity index (χ2n) is 15.1. The van der Waals surface area contributed by atoms with E-state index in [1.54, 1.807) is 0 Å². The van der Waals surface area contributed by atoms with Crippen LogP contribution in [-0.4, -0.2) is 58.7 Å². The fourth-order valence-corrected chi connectivity index (χ4v) is 17.5. The molecular weight excluding hydrogens is 599 g/mol. The number of piperidine rings is 1. The van der Waals surface area contributed by atoms with Crippen LogP contribution >= 0.6 is 0 Å². The van der Waals surface area contributed by atoms with E-state index in [1.165, 1.54) is 20.7 Å². The monoisotopic (exact) mass is 647 g/mol. The lowest BCUT2D eigenvalue weighted by Crippen LogP contribution is -2.71. The largest absolute Gasteiger partial charge is 0.400 e. The number of nitrogens with zero attached hydrogens (tertiary/aromatic N) is 1. The van der Waals surface area contributed by atoms with E-state index in [0.717, 1.165) is 13.1 Å². The van der Waals surface area contributed by atoms with Crippen LogP contribution in [0.15, 0.2) is 121 Å². The lowest BCUT2D eigenvalue weighted by atomic mass is 9.99. The van der Waals surface area contributed by atoms with E-state index in [9.17, 15) is 4.79 Å². The molecule has 3 atom stereocenters. The number of carbonyl (C=O) groups is 1. The molecule has 2 heterocycles. The maximum absolute atomic E-state index is 13.1. The quantitative estimate of drug-likeness (QED) is 0.223. The Morgan fingerprint density at radius 2 is 0.957 bits per heavy atom. The summed E-state index contributed by atoms with van der Waals surface area (Å²) >= 11 is 0. The minimum atomic E-state index is -2.94. The summed E-state index contributed by atoms with van der Waals surface area (Å²) in [5.41, 5.74) is 0. The topological polar surface area (TPSA) is 38.8 Å². The first-order valence-electron chi connectivity index (χ1n) is 16.8. The third-order valence-corrected chi connectivity index (χ3v) is 20.3. The Balaban J connectivity index is 1.55. The lowest BCUT2D eigenvalue weighted by Gasteiger charge is -2.49. The number of hydrogen-bond donors (Lipinski definition) is 0. The molecule has 0 bridgehead atoms. The highest BCUT2D eigenvalue weighted by molar-refractivity contribution is 7.00. The standard InChI is InChI=1S/C40H49NO3Si2/c1-39(2,3)45(32-19-11-7-12-20-32,33-21-13-8-14-22-33)43-37-30-41-28-27-31(42)29-36(41)38(37)44-46(40(4,5)6,34-23-15-9-16-24-34)35-25-17-10-18-26-35/h7-26,36-38H,27-30H2,1-6H3/t36-,37-,38-/m1/s1. The number of benzene rings is 4. The zero-order valence-corrected chi connectivity index (χ0v) is 30.3. The average molecular weight is 648 g/mol. The van der Waals surface area contributed by atoms with E-state index in [2.05, 4.69) is 168 Å². The zero-order chi connectivity index (χ0) is 32.6. The predicted octanol–water partition coefficient (Wildman–Crippen LogP) is 5.92. The molecule has 6 rings (SSSR count). The maximum Gasteiger partial charge on any atom is 0.261 e. The minimum Gasteiger partial charge on any atom is -0.400 e. The molecule has 0 radical (unpaired) electrons. The zero-order valence-electron chi connectivity index (χ0n) is 28.3. The van der Waals surface area contributed by atoms with Gasteiger partial charge in [-0.3, -0.25) is 9.69 Å². The summed E-state index contributed by atoms with van der Waals surface area (Å²) in [6, 6.07) is 43.5. The van der Waals surface area contributed by atoms with E-state index < -0.39 is 16.6 Å². The van der Waals surface area contributed by atoms with Crippen LogP contribution in [0.1, 0.15) is 54.4 Å². The SMILES string of the molecule is CC(C)(C)[Si](O[C@@H]1[C@H]2CC(=O)CCN2C[C@H]1O[Si](c1ccccc1)(c1ccccc1)C(C)(C)C)(c1ccccc1)c1ccccc1. The number of fused-ring (bicyclic) bond motifs is 1. The van der Waals surface area contributed by atoms with Gasteiger partial charge in [0.25, 0.3) is 16.6 Å². The third kappa shape index (κ3) is 5.79. The smallest absolute Gasteiger partial charge is 0.261 e. The summed E-state index contributed by atoms with van der Waals surface area (Å²) < 4.78 is 15.8. The van der Waals surface area contributed by atoms with Gasteiger partial charge < -0.3 is 8.85 Å². The van der Waals surface area contributed by atoms with Crippen molar-refractivity contribution in [2.24, 2.45) is 0 Å². The van der Waals surface area contributed by atoms with Gasteiger partial charge in [0, 0.05) is 32.0 Å². The van der Waals surface area contributed by atoms with Crippen molar-refractivity contribution in [1.82, 2.24) is 4.90 Å². The second kappa shape index (κ2) is 12.8. The van der Waals surface area contributed by atoms with Gasteiger partial charge in [-0.1, -0.05) is 163 Å². The van der Waals surface area contributed by atoms with Crippen LogP contribution < -0.4 is 20.7 Å². The lowest BCUT2D eigenvalue weighted by molar-refractivity contribution is -0.123. The molecule has 0 aliphatic carbocycles.